The molecule has 21 heavy (non-hydrogen) atoms. The molecule has 1 saturated heterocycles. The summed E-state index contributed by atoms with van der Waals surface area (Å²) in [4.78, 5) is 2.62. The highest BCUT2D eigenvalue weighted by Gasteiger charge is 2.28. The van der Waals surface area contributed by atoms with Crippen LogP contribution < -0.4 is 10.1 Å². The molecule has 1 aliphatic rings. The molecule has 1 fully saturated rings. The van der Waals surface area contributed by atoms with Gasteiger partial charge in [0.1, 0.15) is 5.75 Å². The summed E-state index contributed by atoms with van der Waals surface area (Å²) < 4.78 is 6.34. The molecule has 1 aromatic carbocycles. The minimum Gasteiger partial charge on any atom is -0.496 e. The van der Waals surface area contributed by atoms with Crippen molar-refractivity contribution in [2.45, 2.75) is 45.8 Å². The van der Waals surface area contributed by atoms with Crippen LogP contribution in [0.3, 0.4) is 0 Å². The van der Waals surface area contributed by atoms with Crippen molar-refractivity contribution in [3.8, 4) is 5.75 Å². The van der Waals surface area contributed by atoms with Crippen LogP contribution in [0.5, 0.6) is 5.75 Å². The molecule has 2 unspecified atom stereocenters. The maximum absolute atomic E-state index is 5.31. The van der Waals surface area contributed by atoms with Crippen molar-refractivity contribution in [3.63, 3.8) is 0 Å². The molecule has 2 rings (SSSR count). The molecule has 1 aliphatic heterocycles. The number of halogens is 1. The average molecular weight is 355 g/mol. The number of benzene rings is 1. The summed E-state index contributed by atoms with van der Waals surface area (Å²) in [6, 6.07) is 7.61. The quantitative estimate of drug-likeness (QED) is 0.872. The predicted octanol–water partition coefficient (Wildman–Crippen LogP) is 3.67. The van der Waals surface area contributed by atoms with Crippen LogP contribution in [-0.4, -0.2) is 37.2 Å². The van der Waals surface area contributed by atoms with Gasteiger partial charge in [0.15, 0.2) is 0 Å². The first kappa shape index (κ1) is 16.8. The number of methoxy groups -OCH3 is 1. The van der Waals surface area contributed by atoms with E-state index in [0.717, 1.165) is 29.9 Å². The van der Waals surface area contributed by atoms with Gasteiger partial charge in [-0.3, -0.25) is 4.90 Å². The van der Waals surface area contributed by atoms with Crippen LogP contribution in [0.2, 0.25) is 0 Å². The number of hydrogen-bond acceptors (Lipinski definition) is 3. The van der Waals surface area contributed by atoms with E-state index in [2.05, 4.69) is 59.1 Å². The second-order valence-electron chi connectivity index (χ2n) is 6.22. The summed E-state index contributed by atoms with van der Waals surface area (Å²) in [5, 5.41) is 3.69. The first-order valence-corrected chi connectivity index (χ1v) is 8.64. The van der Waals surface area contributed by atoms with E-state index in [1.807, 2.05) is 6.07 Å². The van der Waals surface area contributed by atoms with Crippen molar-refractivity contribution in [3.05, 3.63) is 28.2 Å². The Kier molecular flexibility index (Phi) is 6.08. The monoisotopic (exact) mass is 354 g/mol. The van der Waals surface area contributed by atoms with E-state index < -0.39 is 0 Å². The number of rotatable bonds is 5. The summed E-state index contributed by atoms with van der Waals surface area (Å²) in [7, 11) is 1.70. The Balaban J connectivity index is 2.09. The molecule has 0 aliphatic carbocycles. The molecule has 118 valence electrons. The molecule has 0 bridgehead atoms. The van der Waals surface area contributed by atoms with Gasteiger partial charge in [-0.2, -0.15) is 0 Å². The molecule has 0 aromatic heterocycles. The van der Waals surface area contributed by atoms with E-state index >= 15 is 0 Å². The van der Waals surface area contributed by atoms with Gasteiger partial charge in [-0.25, -0.2) is 0 Å². The standard InChI is InChI=1S/C17H27BrN2O/c1-5-14-9-19-16(12(2)3)11-20(14)10-13-6-7-17(21-4)15(18)8-13/h6-8,12,14,16,19H,5,9-11H2,1-4H3. The van der Waals surface area contributed by atoms with Gasteiger partial charge in [-0.05, 0) is 46.0 Å². The summed E-state index contributed by atoms with van der Waals surface area (Å²) >= 11 is 3.58. The third-order valence-electron chi connectivity index (χ3n) is 4.44. The Hall–Kier alpha value is -0.580. The highest BCUT2D eigenvalue weighted by molar-refractivity contribution is 9.10. The van der Waals surface area contributed by atoms with Crippen LogP contribution in [0.4, 0.5) is 0 Å². The molecular weight excluding hydrogens is 328 g/mol. The molecule has 2 atom stereocenters. The largest absolute Gasteiger partial charge is 0.496 e. The van der Waals surface area contributed by atoms with Crippen molar-refractivity contribution >= 4 is 15.9 Å². The minimum absolute atomic E-state index is 0.592. The van der Waals surface area contributed by atoms with Gasteiger partial charge in [-0.15, -0.1) is 0 Å². The molecule has 1 aromatic rings. The van der Waals surface area contributed by atoms with Gasteiger partial charge in [0.2, 0.25) is 0 Å². The molecule has 1 N–H and O–H groups in total. The van der Waals surface area contributed by atoms with E-state index in [0.29, 0.717) is 18.0 Å². The number of nitrogens with one attached hydrogen (secondary N) is 1. The van der Waals surface area contributed by atoms with E-state index in [9.17, 15) is 0 Å². The summed E-state index contributed by atoms with van der Waals surface area (Å²) in [6.45, 7) is 10.1. The fraction of sp³-hybridized carbons (Fsp3) is 0.647. The van der Waals surface area contributed by atoms with Crippen LogP contribution >= 0.6 is 15.9 Å². The Bertz CT molecular complexity index is 464. The Morgan fingerprint density at radius 3 is 2.76 bits per heavy atom. The first-order chi connectivity index (χ1) is 10.0. The molecule has 0 radical (unpaired) electrons. The maximum atomic E-state index is 5.31. The van der Waals surface area contributed by atoms with Gasteiger partial charge in [0.05, 0.1) is 11.6 Å². The number of piperazine rings is 1. The summed E-state index contributed by atoms with van der Waals surface area (Å²) in [6.07, 6.45) is 1.19. The van der Waals surface area contributed by atoms with Crippen LogP contribution in [0.15, 0.2) is 22.7 Å². The highest BCUT2D eigenvalue weighted by Crippen LogP contribution is 2.27. The van der Waals surface area contributed by atoms with Crippen molar-refractivity contribution in [2.24, 2.45) is 5.92 Å². The van der Waals surface area contributed by atoms with E-state index in [4.69, 9.17) is 4.74 Å². The van der Waals surface area contributed by atoms with Gasteiger partial charge in [0, 0.05) is 31.7 Å². The van der Waals surface area contributed by atoms with Gasteiger partial charge in [0.25, 0.3) is 0 Å². The Morgan fingerprint density at radius 1 is 1.43 bits per heavy atom. The fourth-order valence-electron chi connectivity index (χ4n) is 2.97. The maximum Gasteiger partial charge on any atom is 0.133 e. The lowest BCUT2D eigenvalue weighted by Crippen LogP contribution is -2.57. The SMILES string of the molecule is CCC1CNC(C(C)C)CN1Cc1ccc(OC)c(Br)c1. The second-order valence-corrected chi connectivity index (χ2v) is 7.07. The third kappa shape index (κ3) is 4.21. The van der Waals surface area contributed by atoms with Crippen molar-refractivity contribution < 1.29 is 4.74 Å². The van der Waals surface area contributed by atoms with Gasteiger partial charge < -0.3 is 10.1 Å². The Labute approximate surface area is 137 Å². The number of hydrogen-bond donors (Lipinski definition) is 1. The predicted molar refractivity (Wildman–Crippen MR) is 91.8 cm³/mol. The van der Waals surface area contributed by atoms with Gasteiger partial charge >= 0.3 is 0 Å². The van der Waals surface area contributed by atoms with E-state index in [1.165, 1.54) is 12.0 Å². The van der Waals surface area contributed by atoms with E-state index in [-0.39, 0.29) is 0 Å². The minimum atomic E-state index is 0.592. The molecule has 4 heteroatoms. The number of nitrogens with zero attached hydrogens (tertiary/aromatic N) is 1. The van der Waals surface area contributed by atoms with Crippen LogP contribution in [-0.2, 0) is 6.54 Å². The average Bonchev–Trinajstić information content (AvgIpc) is 2.47. The third-order valence-corrected chi connectivity index (χ3v) is 5.06. The van der Waals surface area contributed by atoms with Crippen molar-refractivity contribution in [1.82, 2.24) is 10.2 Å². The fourth-order valence-corrected chi connectivity index (χ4v) is 3.56. The summed E-state index contributed by atoms with van der Waals surface area (Å²) in [5.74, 6) is 1.57. The van der Waals surface area contributed by atoms with Gasteiger partial charge in [-0.1, -0.05) is 26.8 Å². The highest BCUT2D eigenvalue weighted by atomic mass is 79.9. The lowest BCUT2D eigenvalue weighted by molar-refractivity contribution is 0.103. The topological polar surface area (TPSA) is 24.5 Å². The van der Waals surface area contributed by atoms with E-state index in [1.54, 1.807) is 7.11 Å². The van der Waals surface area contributed by atoms with Crippen LogP contribution in [0, 0.1) is 5.92 Å². The first-order valence-electron chi connectivity index (χ1n) is 7.85. The normalized spacial score (nSPS) is 23.5. The molecule has 3 nitrogen and oxygen atoms in total. The lowest BCUT2D eigenvalue weighted by Gasteiger charge is -2.41. The molecule has 0 spiro atoms. The molecule has 0 saturated carbocycles. The second kappa shape index (κ2) is 7.61. The lowest BCUT2D eigenvalue weighted by atomic mass is 9.98. The molecule has 0 amide bonds. The zero-order valence-corrected chi connectivity index (χ0v) is 15.1. The van der Waals surface area contributed by atoms with Crippen LogP contribution in [0.1, 0.15) is 32.8 Å². The summed E-state index contributed by atoms with van der Waals surface area (Å²) in [5.41, 5.74) is 1.34. The van der Waals surface area contributed by atoms with Crippen molar-refractivity contribution in [1.29, 1.82) is 0 Å². The van der Waals surface area contributed by atoms with Crippen LogP contribution in [0.25, 0.3) is 0 Å². The number of ether oxygens (including phenoxy) is 1. The molecular formula is C17H27BrN2O. The zero-order valence-electron chi connectivity index (χ0n) is 13.5. The van der Waals surface area contributed by atoms with Crippen molar-refractivity contribution in [2.75, 3.05) is 20.2 Å². The molecule has 1 heterocycles. The zero-order chi connectivity index (χ0) is 15.4. The smallest absolute Gasteiger partial charge is 0.133 e. The Morgan fingerprint density at radius 2 is 2.19 bits per heavy atom.